The van der Waals surface area contributed by atoms with Gasteiger partial charge < -0.3 is 10.1 Å². The number of aryl methyl sites for hydroxylation is 2. The largest absolute Gasteiger partial charge is 0.439 e. The third kappa shape index (κ3) is 3.95. The highest BCUT2D eigenvalue weighted by molar-refractivity contribution is 5.34. The Kier molecular flexibility index (Phi) is 4.93. The smallest absolute Gasteiger partial charge is 0.226 e. The second kappa shape index (κ2) is 6.89. The molecule has 0 aliphatic carbocycles. The monoisotopic (exact) mass is 271 g/mol. The summed E-state index contributed by atoms with van der Waals surface area (Å²) >= 11 is 0. The van der Waals surface area contributed by atoms with Gasteiger partial charge >= 0.3 is 0 Å². The van der Waals surface area contributed by atoms with Crippen LogP contribution in [0.4, 0.5) is 5.95 Å². The van der Waals surface area contributed by atoms with Crippen molar-refractivity contribution in [1.82, 2.24) is 9.97 Å². The summed E-state index contributed by atoms with van der Waals surface area (Å²) in [6.07, 6.45) is 2.24. The average Bonchev–Trinajstić information content (AvgIpc) is 2.41. The zero-order chi connectivity index (χ0) is 14.4. The summed E-state index contributed by atoms with van der Waals surface area (Å²) in [7, 11) is 0. The van der Waals surface area contributed by atoms with E-state index in [1.165, 1.54) is 5.56 Å². The maximum absolute atomic E-state index is 5.79. The fourth-order valence-corrected chi connectivity index (χ4v) is 1.96. The molecule has 2 rings (SSSR count). The second-order valence-corrected chi connectivity index (χ2v) is 4.70. The van der Waals surface area contributed by atoms with Crippen LogP contribution in [0.2, 0.25) is 0 Å². The van der Waals surface area contributed by atoms with Gasteiger partial charge in [0, 0.05) is 18.3 Å². The topological polar surface area (TPSA) is 47.0 Å². The van der Waals surface area contributed by atoms with E-state index in [9.17, 15) is 0 Å². The fourth-order valence-electron chi connectivity index (χ4n) is 1.96. The number of rotatable bonds is 6. The lowest BCUT2D eigenvalue weighted by molar-refractivity contribution is 0.461. The number of anilines is 1. The number of hydrogen-bond acceptors (Lipinski definition) is 4. The molecule has 0 bridgehead atoms. The quantitative estimate of drug-likeness (QED) is 0.863. The summed E-state index contributed by atoms with van der Waals surface area (Å²) < 4.78 is 5.79. The van der Waals surface area contributed by atoms with Crippen molar-refractivity contribution in [2.45, 2.75) is 33.6 Å². The van der Waals surface area contributed by atoms with Crippen molar-refractivity contribution in [3.8, 4) is 11.6 Å². The molecule has 0 saturated carbocycles. The number of nitrogens with zero attached hydrogens (tertiary/aromatic N) is 2. The van der Waals surface area contributed by atoms with E-state index < -0.39 is 0 Å². The van der Waals surface area contributed by atoms with Gasteiger partial charge in [-0.1, -0.05) is 25.5 Å². The van der Waals surface area contributed by atoms with Crippen molar-refractivity contribution >= 4 is 5.95 Å². The molecule has 4 nitrogen and oxygen atoms in total. The van der Waals surface area contributed by atoms with Crippen molar-refractivity contribution in [3.05, 3.63) is 41.6 Å². The molecule has 0 aliphatic heterocycles. The zero-order valence-electron chi connectivity index (χ0n) is 12.3. The van der Waals surface area contributed by atoms with Gasteiger partial charge in [0.25, 0.3) is 0 Å². The first-order valence-electron chi connectivity index (χ1n) is 7.07. The van der Waals surface area contributed by atoms with Gasteiger partial charge in [0.15, 0.2) is 0 Å². The van der Waals surface area contributed by atoms with Crippen LogP contribution in [-0.2, 0) is 6.42 Å². The van der Waals surface area contributed by atoms with Crippen LogP contribution in [0.1, 0.15) is 31.5 Å². The standard InChI is InChI=1S/C16H21N3O/c1-4-6-13-7-9-14(10-8-13)20-15-11-12(3)18-16(19-15)17-5-2/h7-11H,4-6H2,1-3H3,(H,17,18,19). The second-order valence-electron chi connectivity index (χ2n) is 4.70. The van der Waals surface area contributed by atoms with Gasteiger partial charge in [0.05, 0.1) is 0 Å². The van der Waals surface area contributed by atoms with Crippen LogP contribution < -0.4 is 10.1 Å². The zero-order valence-corrected chi connectivity index (χ0v) is 12.3. The van der Waals surface area contributed by atoms with Crippen molar-refractivity contribution in [2.24, 2.45) is 0 Å². The molecule has 2 aromatic rings. The predicted molar refractivity (Wildman–Crippen MR) is 81.4 cm³/mol. The van der Waals surface area contributed by atoms with Gasteiger partial charge in [-0.3, -0.25) is 0 Å². The predicted octanol–water partition coefficient (Wildman–Crippen LogP) is 3.96. The normalized spacial score (nSPS) is 10.3. The average molecular weight is 271 g/mol. The van der Waals surface area contributed by atoms with E-state index in [2.05, 4.69) is 34.3 Å². The Morgan fingerprint density at radius 3 is 2.50 bits per heavy atom. The van der Waals surface area contributed by atoms with Crippen LogP contribution in [0.5, 0.6) is 11.6 Å². The number of nitrogens with one attached hydrogen (secondary N) is 1. The number of aromatic nitrogens is 2. The van der Waals surface area contributed by atoms with E-state index >= 15 is 0 Å². The van der Waals surface area contributed by atoms with Crippen LogP contribution in [0, 0.1) is 6.92 Å². The summed E-state index contributed by atoms with van der Waals surface area (Å²) in [5.41, 5.74) is 2.21. The van der Waals surface area contributed by atoms with Crippen LogP contribution in [0.3, 0.4) is 0 Å². The van der Waals surface area contributed by atoms with E-state index in [1.807, 2.05) is 32.0 Å². The minimum absolute atomic E-state index is 0.566. The Labute approximate surface area is 120 Å². The summed E-state index contributed by atoms with van der Waals surface area (Å²) in [6.45, 7) is 6.91. The molecule has 0 amide bonds. The lowest BCUT2D eigenvalue weighted by Crippen LogP contribution is -2.03. The third-order valence-corrected chi connectivity index (χ3v) is 2.85. The molecule has 106 valence electrons. The summed E-state index contributed by atoms with van der Waals surface area (Å²) in [5.74, 6) is 1.96. The van der Waals surface area contributed by atoms with E-state index in [1.54, 1.807) is 0 Å². The van der Waals surface area contributed by atoms with Crippen LogP contribution in [-0.4, -0.2) is 16.5 Å². The molecule has 0 fully saturated rings. The summed E-state index contributed by atoms with van der Waals surface area (Å²) in [5, 5.41) is 3.10. The number of ether oxygens (including phenoxy) is 1. The maximum atomic E-state index is 5.79. The highest BCUT2D eigenvalue weighted by Gasteiger charge is 2.04. The lowest BCUT2D eigenvalue weighted by Gasteiger charge is -2.08. The molecule has 4 heteroatoms. The van der Waals surface area contributed by atoms with Crippen LogP contribution in [0.25, 0.3) is 0 Å². The van der Waals surface area contributed by atoms with Gasteiger partial charge in [-0.2, -0.15) is 4.98 Å². The fraction of sp³-hybridized carbons (Fsp3) is 0.375. The Bertz CT molecular complexity index is 552. The van der Waals surface area contributed by atoms with Crippen molar-refractivity contribution in [3.63, 3.8) is 0 Å². The molecule has 1 aromatic carbocycles. The molecule has 0 aliphatic rings. The Balaban J connectivity index is 2.12. The first-order valence-corrected chi connectivity index (χ1v) is 7.07. The van der Waals surface area contributed by atoms with Gasteiger partial charge in [0.1, 0.15) is 5.75 Å². The van der Waals surface area contributed by atoms with Gasteiger partial charge in [0.2, 0.25) is 11.8 Å². The molecule has 0 unspecified atom stereocenters. The van der Waals surface area contributed by atoms with Crippen LogP contribution in [0.15, 0.2) is 30.3 Å². The molecular weight excluding hydrogens is 250 g/mol. The molecule has 20 heavy (non-hydrogen) atoms. The van der Waals surface area contributed by atoms with Crippen molar-refractivity contribution in [2.75, 3.05) is 11.9 Å². The minimum atomic E-state index is 0.566. The van der Waals surface area contributed by atoms with Gasteiger partial charge in [-0.25, -0.2) is 4.98 Å². The molecule has 1 aromatic heterocycles. The molecule has 0 radical (unpaired) electrons. The van der Waals surface area contributed by atoms with E-state index in [-0.39, 0.29) is 0 Å². The summed E-state index contributed by atoms with van der Waals surface area (Å²) in [4.78, 5) is 8.63. The lowest BCUT2D eigenvalue weighted by atomic mass is 10.1. The van der Waals surface area contributed by atoms with Crippen LogP contribution >= 0.6 is 0 Å². The SMILES string of the molecule is CCCc1ccc(Oc2cc(C)nc(NCC)n2)cc1. The highest BCUT2D eigenvalue weighted by atomic mass is 16.5. The maximum Gasteiger partial charge on any atom is 0.226 e. The number of hydrogen-bond donors (Lipinski definition) is 1. The Hall–Kier alpha value is -2.10. The van der Waals surface area contributed by atoms with Crippen molar-refractivity contribution < 1.29 is 4.74 Å². The first-order chi connectivity index (χ1) is 9.71. The van der Waals surface area contributed by atoms with E-state index in [0.717, 1.165) is 30.8 Å². The minimum Gasteiger partial charge on any atom is -0.439 e. The van der Waals surface area contributed by atoms with Gasteiger partial charge in [-0.15, -0.1) is 0 Å². The molecule has 1 heterocycles. The third-order valence-electron chi connectivity index (χ3n) is 2.85. The molecule has 0 spiro atoms. The number of benzene rings is 1. The van der Waals surface area contributed by atoms with E-state index in [4.69, 9.17) is 4.74 Å². The van der Waals surface area contributed by atoms with Gasteiger partial charge in [-0.05, 0) is 38.0 Å². The molecule has 0 saturated heterocycles. The van der Waals surface area contributed by atoms with Crippen molar-refractivity contribution in [1.29, 1.82) is 0 Å². The molecule has 0 atom stereocenters. The van der Waals surface area contributed by atoms with E-state index in [0.29, 0.717) is 11.8 Å². The highest BCUT2D eigenvalue weighted by Crippen LogP contribution is 2.21. The first kappa shape index (κ1) is 14.3. The summed E-state index contributed by atoms with van der Waals surface area (Å²) in [6, 6.07) is 9.99. The Morgan fingerprint density at radius 1 is 1.10 bits per heavy atom. The molecular formula is C16H21N3O. The molecule has 1 N–H and O–H groups in total. The Morgan fingerprint density at radius 2 is 1.85 bits per heavy atom.